The lowest BCUT2D eigenvalue weighted by atomic mass is 10.2. The highest BCUT2D eigenvalue weighted by Crippen LogP contribution is 2.10. The third kappa shape index (κ3) is 8.52. The quantitative estimate of drug-likeness (QED) is 0.795. The summed E-state index contributed by atoms with van der Waals surface area (Å²) in [5.74, 6) is 0. The number of nitrogens with zero attached hydrogens (tertiary/aromatic N) is 2. The Balaban J connectivity index is 1.69. The molecule has 2 unspecified atom stereocenters. The second-order valence-electron chi connectivity index (χ2n) is 7.90. The van der Waals surface area contributed by atoms with Crippen molar-refractivity contribution >= 4 is 0 Å². The van der Waals surface area contributed by atoms with Crippen molar-refractivity contribution in [1.29, 1.82) is 0 Å². The molecule has 0 bridgehead atoms. The molecule has 0 saturated carbocycles. The van der Waals surface area contributed by atoms with Gasteiger partial charge in [-0.25, -0.2) is 0 Å². The van der Waals surface area contributed by atoms with Crippen LogP contribution in [0.1, 0.15) is 11.1 Å². The molecule has 2 aromatic carbocycles. The summed E-state index contributed by atoms with van der Waals surface area (Å²) in [5, 5.41) is 20.9. The Kier molecular flexibility index (Phi) is 9.76. The summed E-state index contributed by atoms with van der Waals surface area (Å²) in [6.45, 7) is 5.57. The van der Waals surface area contributed by atoms with Crippen molar-refractivity contribution in [1.82, 2.24) is 9.80 Å². The maximum absolute atomic E-state index is 10.4. The minimum absolute atomic E-state index is 0.283. The van der Waals surface area contributed by atoms with Gasteiger partial charge in [0.05, 0.1) is 38.6 Å². The van der Waals surface area contributed by atoms with E-state index in [0.29, 0.717) is 26.3 Å². The second kappa shape index (κ2) is 12.8. The van der Waals surface area contributed by atoms with E-state index in [4.69, 9.17) is 9.47 Å². The SMILES string of the molecule is OC1COCCOCC(O)CN(Cc2ccccc2)CCN(Cc2ccccc2)C1. The zero-order valence-electron chi connectivity index (χ0n) is 17.6. The van der Waals surface area contributed by atoms with Crippen molar-refractivity contribution in [2.45, 2.75) is 25.3 Å². The Morgan fingerprint density at radius 2 is 1.07 bits per heavy atom. The molecular formula is C24H34N2O4. The predicted octanol–water partition coefficient (Wildman–Crippen LogP) is 1.76. The molecule has 0 aliphatic carbocycles. The van der Waals surface area contributed by atoms with Crippen molar-refractivity contribution in [3.8, 4) is 0 Å². The van der Waals surface area contributed by atoms with Gasteiger partial charge in [0, 0.05) is 39.3 Å². The molecule has 3 rings (SSSR count). The molecule has 0 amide bonds. The first-order valence-corrected chi connectivity index (χ1v) is 10.7. The molecule has 0 aromatic heterocycles. The zero-order valence-corrected chi connectivity index (χ0v) is 17.6. The van der Waals surface area contributed by atoms with Gasteiger partial charge in [-0.1, -0.05) is 60.7 Å². The maximum atomic E-state index is 10.4. The Labute approximate surface area is 179 Å². The van der Waals surface area contributed by atoms with Gasteiger partial charge in [0.25, 0.3) is 0 Å². The Bertz CT molecular complexity index is 639. The minimum Gasteiger partial charge on any atom is -0.389 e. The third-order valence-corrected chi connectivity index (χ3v) is 5.16. The summed E-state index contributed by atoms with van der Waals surface area (Å²) in [4.78, 5) is 4.52. The molecule has 164 valence electrons. The summed E-state index contributed by atoms with van der Waals surface area (Å²) < 4.78 is 11.1. The van der Waals surface area contributed by atoms with E-state index >= 15 is 0 Å². The van der Waals surface area contributed by atoms with E-state index in [2.05, 4.69) is 34.1 Å². The van der Waals surface area contributed by atoms with Crippen molar-refractivity contribution in [3.05, 3.63) is 71.8 Å². The average molecular weight is 415 g/mol. The number of β-amino-alcohol motifs (C(OH)–C–C–N with tert-alkyl or cyclic N) is 2. The molecule has 2 aromatic rings. The first-order chi connectivity index (χ1) is 14.7. The van der Waals surface area contributed by atoms with Gasteiger partial charge in [-0.05, 0) is 11.1 Å². The van der Waals surface area contributed by atoms with Crippen molar-refractivity contribution in [2.75, 3.05) is 52.6 Å². The van der Waals surface area contributed by atoms with Gasteiger partial charge >= 0.3 is 0 Å². The van der Waals surface area contributed by atoms with Crippen LogP contribution in [0.25, 0.3) is 0 Å². The molecule has 0 spiro atoms. The lowest BCUT2D eigenvalue weighted by Gasteiger charge is -2.30. The van der Waals surface area contributed by atoms with Crippen LogP contribution >= 0.6 is 0 Å². The topological polar surface area (TPSA) is 65.4 Å². The van der Waals surface area contributed by atoms with E-state index in [1.807, 2.05) is 36.4 Å². The fraction of sp³-hybridized carbons (Fsp3) is 0.500. The van der Waals surface area contributed by atoms with E-state index in [1.165, 1.54) is 11.1 Å². The summed E-state index contributed by atoms with van der Waals surface area (Å²) in [6.07, 6.45) is -1.10. The van der Waals surface area contributed by atoms with Crippen LogP contribution < -0.4 is 0 Å². The van der Waals surface area contributed by atoms with E-state index in [9.17, 15) is 10.2 Å². The van der Waals surface area contributed by atoms with E-state index in [1.54, 1.807) is 0 Å². The van der Waals surface area contributed by atoms with Crippen molar-refractivity contribution in [3.63, 3.8) is 0 Å². The Morgan fingerprint density at radius 1 is 0.667 bits per heavy atom. The van der Waals surface area contributed by atoms with E-state index in [0.717, 1.165) is 26.2 Å². The van der Waals surface area contributed by atoms with E-state index in [-0.39, 0.29) is 13.2 Å². The Hall–Kier alpha value is -1.80. The lowest BCUT2D eigenvalue weighted by molar-refractivity contribution is -0.0352. The number of aliphatic hydroxyl groups excluding tert-OH is 2. The smallest absolute Gasteiger partial charge is 0.0900 e. The van der Waals surface area contributed by atoms with Crippen LogP contribution in [0.3, 0.4) is 0 Å². The summed E-state index contributed by atoms with van der Waals surface area (Å²) in [5.41, 5.74) is 2.43. The average Bonchev–Trinajstić information content (AvgIpc) is 2.75. The Morgan fingerprint density at radius 3 is 1.47 bits per heavy atom. The molecule has 1 aliphatic rings. The zero-order chi connectivity index (χ0) is 21.0. The number of rotatable bonds is 4. The molecule has 0 radical (unpaired) electrons. The van der Waals surface area contributed by atoms with Gasteiger partial charge in [-0.15, -0.1) is 0 Å². The molecule has 1 fully saturated rings. The molecule has 6 nitrogen and oxygen atoms in total. The van der Waals surface area contributed by atoms with Gasteiger partial charge in [0.15, 0.2) is 0 Å². The van der Waals surface area contributed by atoms with Crippen LogP contribution in [0.4, 0.5) is 0 Å². The van der Waals surface area contributed by atoms with Gasteiger partial charge in [-0.3, -0.25) is 9.80 Å². The van der Waals surface area contributed by atoms with Gasteiger partial charge < -0.3 is 19.7 Å². The van der Waals surface area contributed by atoms with Crippen LogP contribution in [-0.2, 0) is 22.6 Å². The van der Waals surface area contributed by atoms with E-state index < -0.39 is 12.2 Å². The van der Waals surface area contributed by atoms with Crippen LogP contribution in [0.2, 0.25) is 0 Å². The second-order valence-corrected chi connectivity index (χ2v) is 7.90. The number of hydrogen-bond acceptors (Lipinski definition) is 6. The van der Waals surface area contributed by atoms with Crippen molar-refractivity contribution in [2.24, 2.45) is 0 Å². The van der Waals surface area contributed by atoms with Gasteiger partial charge in [0.2, 0.25) is 0 Å². The normalized spacial score (nSPS) is 23.7. The minimum atomic E-state index is -0.551. The summed E-state index contributed by atoms with van der Waals surface area (Å²) >= 11 is 0. The highest BCUT2D eigenvalue weighted by molar-refractivity contribution is 5.15. The van der Waals surface area contributed by atoms with Gasteiger partial charge in [0.1, 0.15) is 0 Å². The standard InChI is InChI=1S/C24H34N2O4/c27-23-17-25(15-21-7-3-1-4-8-21)11-12-26(16-22-9-5-2-6-10-22)18-24(28)20-30-14-13-29-19-23/h1-10,23-24,27-28H,11-20H2. The largest absolute Gasteiger partial charge is 0.389 e. The van der Waals surface area contributed by atoms with Crippen LogP contribution in [0.5, 0.6) is 0 Å². The first kappa shape index (κ1) is 22.9. The van der Waals surface area contributed by atoms with Crippen LogP contribution in [-0.4, -0.2) is 84.8 Å². The fourth-order valence-electron chi connectivity index (χ4n) is 3.69. The third-order valence-electron chi connectivity index (χ3n) is 5.16. The number of aliphatic hydroxyl groups is 2. The molecule has 30 heavy (non-hydrogen) atoms. The predicted molar refractivity (Wildman–Crippen MR) is 117 cm³/mol. The highest BCUT2D eigenvalue weighted by Gasteiger charge is 2.18. The molecule has 2 atom stereocenters. The number of benzene rings is 2. The fourth-order valence-corrected chi connectivity index (χ4v) is 3.69. The molecule has 2 N–H and O–H groups in total. The lowest BCUT2D eigenvalue weighted by Crippen LogP contribution is -2.42. The summed E-state index contributed by atoms with van der Waals surface area (Å²) in [6, 6.07) is 20.6. The molecular weight excluding hydrogens is 380 g/mol. The molecule has 6 heteroatoms. The van der Waals surface area contributed by atoms with Crippen LogP contribution in [0, 0.1) is 0 Å². The number of ether oxygens (including phenoxy) is 2. The summed E-state index contributed by atoms with van der Waals surface area (Å²) in [7, 11) is 0. The molecule has 1 saturated heterocycles. The molecule has 1 aliphatic heterocycles. The molecule has 1 heterocycles. The van der Waals surface area contributed by atoms with Crippen molar-refractivity contribution < 1.29 is 19.7 Å². The number of hydrogen-bond donors (Lipinski definition) is 2. The maximum Gasteiger partial charge on any atom is 0.0900 e. The van der Waals surface area contributed by atoms with Gasteiger partial charge in [-0.2, -0.15) is 0 Å². The monoisotopic (exact) mass is 414 g/mol. The van der Waals surface area contributed by atoms with Crippen LogP contribution in [0.15, 0.2) is 60.7 Å². The first-order valence-electron chi connectivity index (χ1n) is 10.7. The highest BCUT2D eigenvalue weighted by atomic mass is 16.5.